The molecule has 0 aliphatic carbocycles. The maximum Gasteiger partial charge on any atom is 0.230 e. The van der Waals surface area contributed by atoms with Crippen LogP contribution in [0.1, 0.15) is 0 Å². The smallest absolute Gasteiger partial charge is 0.230 e. The molecular formula is C9H11N5OS2. The standard InChI is InChI=1S/C9H11N5OS2/c1-11-7(15)5-17-9-13-12-8(14(9)10)6-3-2-4-16-6/h2-4H,5,10H2,1H3,(H,11,15). The lowest BCUT2D eigenvalue weighted by Crippen LogP contribution is -2.20. The molecule has 2 rings (SSSR count). The lowest BCUT2D eigenvalue weighted by Gasteiger charge is -2.01. The van der Waals surface area contributed by atoms with Crippen LogP contribution in [0.5, 0.6) is 0 Å². The van der Waals surface area contributed by atoms with Crippen molar-refractivity contribution in [3.63, 3.8) is 0 Å². The van der Waals surface area contributed by atoms with E-state index in [1.54, 1.807) is 18.4 Å². The van der Waals surface area contributed by atoms with E-state index in [2.05, 4.69) is 15.5 Å². The highest BCUT2D eigenvalue weighted by molar-refractivity contribution is 7.99. The summed E-state index contributed by atoms with van der Waals surface area (Å²) in [4.78, 5) is 12.1. The van der Waals surface area contributed by atoms with Gasteiger partial charge in [0.15, 0.2) is 5.82 Å². The van der Waals surface area contributed by atoms with Gasteiger partial charge in [0.25, 0.3) is 0 Å². The van der Waals surface area contributed by atoms with Gasteiger partial charge in [-0.2, -0.15) is 0 Å². The van der Waals surface area contributed by atoms with Crippen molar-refractivity contribution in [2.75, 3.05) is 18.6 Å². The fourth-order valence-corrected chi connectivity index (χ4v) is 2.59. The normalized spacial score (nSPS) is 10.4. The molecule has 3 N–H and O–H groups in total. The van der Waals surface area contributed by atoms with Gasteiger partial charge in [0.05, 0.1) is 10.6 Å². The van der Waals surface area contributed by atoms with Crippen molar-refractivity contribution in [1.29, 1.82) is 0 Å². The third-order valence-corrected chi connectivity index (χ3v) is 3.83. The highest BCUT2D eigenvalue weighted by Crippen LogP contribution is 2.24. The van der Waals surface area contributed by atoms with Gasteiger partial charge in [0.1, 0.15) is 0 Å². The van der Waals surface area contributed by atoms with Crippen molar-refractivity contribution in [3.8, 4) is 10.7 Å². The van der Waals surface area contributed by atoms with E-state index < -0.39 is 0 Å². The summed E-state index contributed by atoms with van der Waals surface area (Å²) in [5.41, 5.74) is 0. The van der Waals surface area contributed by atoms with E-state index in [-0.39, 0.29) is 11.7 Å². The minimum Gasteiger partial charge on any atom is -0.358 e. The van der Waals surface area contributed by atoms with E-state index >= 15 is 0 Å². The first-order valence-corrected chi connectivity index (χ1v) is 6.66. The van der Waals surface area contributed by atoms with Crippen molar-refractivity contribution in [2.45, 2.75) is 5.16 Å². The number of hydrogen-bond donors (Lipinski definition) is 2. The third-order valence-electron chi connectivity index (χ3n) is 2.02. The zero-order valence-electron chi connectivity index (χ0n) is 9.08. The van der Waals surface area contributed by atoms with Gasteiger partial charge in [-0.15, -0.1) is 21.5 Å². The van der Waals surface area contributed by atoms with Crippen LogP contribution in [0.2, 0.25) is 0 Å². The molecule has 0 bridgehead atoms. The summed E-state index contributed by atoms with van der Waals surface area (Å²) in [6, 6.07) is 3.84. The maximum absolute atomic E-state index is 11.1. The average molecular weight is 269 g/mol. The Bertz CT molecular complexity index is 507. The zero-order chi connectivity index (χ0) is 12.3. The van der Waals surface area contributed by atoms with E-state index in [9.17, 15) is 4.79 Å². The van der Waals surface area contributed by atoms with Crippen LogP contribution in [0.4, 0.5) is 0 Å². The largest absolute Gasteiger partial charge is 0.358 e. The molecule has 0 aromatic carbocycles. The van der Waals surface area contributed by atoms with Gasteiger partial charge < -0.3 is 11.2 Å². The van der Waals surface area contributed by atoms with Crippen LogP contribution in [-0.4, -0.2) is 33.6 Å². The molecule has 0 saturated carbocycles. The molecule has 2 aromatic rings. The molecule has 0 saturated heterocycles. The minimum atomic E-state index is -0.0735. The first kappa shape index (κ1) is 11.9. The molecule has 90 valence electrons. The van der Waals surface area contributed by atoms with Crippen molar-refractivity contribution >= 4 is 29.0 Å². The van der Waals surface area contributed by atoms with Gasteiger partial charge in [-0.25, -0.2) is 4.68 Å². The van der Waals surface area contributed by atoms with Gasteiger partial charge in [0, 0.05) is 7.05 Å². The zero-order valence-corrected chi connectivity index (χ0v) is 10.7. The summed E-state index contributed by atoms with van der Waals surface area (Å²) in [5.74, 6) is 6.68. The molecule has 0 spiro atoms. The van der Waals surface area contributed by atoms with Crippen LogP contribution < -0.4 is 11.2 Å². The molecule has 0 aliphatic rings. The summed E-state index contributed by atoms with van der Waals surface area (Å²) in [7, 11) is 1.59. The Hall–Kier alpha value is -1.54. The predicted octanol–water partition coefficient (Wildman–Crippen LogP) is 0.559. The molecule has 1 amide bonds. The number of amides is 1. The Morgan fingerprint density at radius 2 is 2.47 bits per heavy atom. The molecule has 2 aromatic heterocycles. The Labute approximate surface area is 106 Å². The van der Waals surface area contributed by atoms with Gasteiger partial charge in [-0.3, -0.25) is 4.79 Å². The minimum absolute atomic E-state index is 0.0735. The van der Waals surface area contributed by atoms with Gasteiger partial charge in [0.2, 0.25) is 11.1 Å². The first-order valence-electron chi connectivity index (χ1n) is 4.80. The van der Waals surface area contributed by atoms with E-state index in [1.807, 2.05) is 17.5 Å². The molecule has 0 aliphatic heterocycles. The summed E-state index contributed by atoms with van der Waals surface area (Å²) in [5, 5.41) is 13.0. The number of nitrogens with two attached hydrogens (primary N) is 1. The molecule has 2 heterocycles. The fraction of sp³-hybridized carbons (Fsp3) is 0.222. The lowest BCUT2D eigenvalue weighted by atomic mass is 10.4. The van der Waals surface area contributed by atoms with Gasteiger partial charge >= 0.3 is 0 Å². The third kappa shape index (κ3) is 2.59. The number of hydrogen-bond acceptors (Lipinski definition) is 6. The van der Waals surface area contributed by atoms with E-state index in [1.165, 1.54) is 16.4 Å². The van der Waals surface area contributed by atoms with Crippen molar-refractivity contribution in [1.82, 2.24) is 20.2 Å². The van der Waals surface area contributed by atoms with Crippen LogP contribution in [-0.2, 0) is 4.79 Å². The molecule has 0 fully saturated rings. The molecular weight excluding hydrogens is 258 g/mol. The molecule has 0 radical (unpaired) electrons. The number of nitrogen functional groups attached to an aromatic ring is 1. The number of carbonyl (C=O) groups is 1. The van der Waals surface area contributed by atoms with Crippen LogP contribution >= 0.6 is 23.1 Å². The number of aromatic nitrogens is 3. The topological polar surface area (TPSA) is 85.8 Å². The van der Waals surface area contributed by atoms with Crippen molar-refractivity contribution in [3.05, 3.63) is 17.5 Å². The Morgan fingerprint density at radius 1 is 1.65 bits per heavy atom. The lowest BCUT2D eigenvalue weighted by molar-refractivity contribution is -0.118. The monoisotopic (exact) mass is 269 g/mol. The molecule has 8 heteroatoms. The van der Waals surface area contributed by atoms with Crippen molar-refractivity contribution in [2.24, 2.45) is 0 Å². The number of thioether (sulfide) groups is 1. The van der Waals surface area contributed by atoms with Crippen LogP contribution in [0, 0.1) is 0 Å². The predicted molar refractivity (Wildman–Crippen MR) is 68.3 cm³/mol. The van der Waals surface area contributed by atoms with E-state index in [4.69, 9.17) is 5.84 Å². The van der Waals surface area contributed by atoms with Gasteiger partial charge in [-0.05, 0) is 11.4 Å². The molecule has 0 unspecified atom stereocenters. The second-order valence-corrected chi connectivity index (χ2v) is 5.01. The van der Waals surface area contributed by atoms with Crippen LogP contribution in [0.25, 0.3) is 10.7 Å². The number of carbonyl (C=O) groups excluding carboxylic acids is 1. The number of thiophene rings is 1. The number of nitrogens with zero attached hydrogens (tertiary/aromatic N) is 3. The highest BCUT2D eigenvalue weighted by atomic mass is 32.2. The molecule has 0 atom stereocenters. The quantitative estimate of drug-likeness (QED) is 0.625. The summed E-state index contributed by atoms with van der Waals surface area (Å²) in [6.07, 6.45) is 0. The Balaban J connectivity index is 2.13. The van der Waals surface area contributed by atoms with Crippen LogP contribution in [0.3, 0.4) is 0 Å². The highest BCUT2D eigenvalue weighted by Gasteiger charge is 2.13. The first-order chi connectivity index (χ1) is 8.22. The molecule has 6 nitrogen and oxygen atoms in total. The summed E-state index contributed by atoms with van der Waals surface area (Å²) < 4.78 is 1.40. The van der Waals surface area contributed by atoms with E-state index in [0.29, 0.717) is 11.0 Å². The van der Waals surface area contributed by atoms with Crippen molar-refractivity contribution < 1.29 is 4.79 Å². The van der Waals surface area contributed by atoms with E-state index in [0.717, 1.165) is 4.88 Å². The fourth-order valence-electron chi connectivity index (χ4n) is 1.15. The van der Waals surface area contributed by atoms with Gasteiger partial charge in [-0.1, -0.05) is 17.8 Å². The summed E-state index contributed by atoms with van der Waals surface area (Å²) >= 11 is 2.80. The second kappa shape index (κ2) is 5.19. The van der Waals surface area contributed by atoms with Crippen LogP contribution in [0.15, 0.2) is 22.7 Å². The Kier molecular flexibility index (Phi) is 3.64. The maximum atomic E-state index is 11.1. The Morgan fingerprint density at radius 3 is 3.12 bits per heavy atom. The number of rotatable bonds is 4. The SMILES string of the molecule is CNC(=O)CSc1nnc(-c2cccs2)n1N. The number of nitrogens with one attached hydrogen (secondary N) is 1. The molecule has 17 heavy (non-hydrogen) atoms. The second-order valence-electron chi connectivity index (χ2n) is 3.12. The average Bonchev–Trinajstić information content (AvgIpc) is 2.95. The summed E-state index contributed by atoms with van der Waals surface area (Å²) in [6.45, 7) is 0.